The molecule has 0 amide bonds. The van der Waals surface area contributed by atoms with Gasteiger partial charge in [-0.05, 0) is 13.3 Å². The number of esters is 1. The van der Waals surface area contributed by atoms with Crippen LogP contribution in [0.2, 0.25) is 0 Å². The van der Waals surface area contributed by atoms with Crippen LogP contribution in [0.5, 0.6) is 0 Å². The molecule has 0 aliphatic rings. The van der Waals surface area contributed by atoms with Crippen molar-refractivity contribution in [1.82, 2.24) is 0 Å². The average molecular weight is 249 g/mol. The molecule has 0 aromatic rings. The Labute approximate surface area is 92.0 Å². The fourth-order valence-corrected chi connectivity index (χ4v) is 0.585. The Hall–Kier alpha value is 0.0231. The molecule has 0 aromatic carbocycles. The monoisotopic (exact) mass is 248 g/mol. The summed E-state index contributed by atoms with van der Waals surface area (Å²) in [4.78, 5) is 21.1. The second-order valence-corrected chi connectivity index (χ2v) is 2.45. The van der Waals surface area contributed by atoms with E-state index in [1.54, 1.807) is 0 Å². The second kappa shape index (κ2) is 9.11. The molecular weight excluding hydrogens is 235 g/mol. The second-order valence-electron chi connectivity index (χ2n) is 2.45. The summed E-state index contributed by atoms with van der Waals surface area (Å²) in [6.07, 6.45) is 1.76. The Bertz CT molecular complexity index is 145. The van der Waals surface area contributed by atoms with Gasteiger partial charge in [0.1, 0.15) is 12.2 Å². The minimum atomic E-state index is -0.411. The van der Waals surface area contributed by atoms with Crippen molar-refractivity contribution in [2.75, 3.05) is 6.61 Å². The number of carbonyl (C=O) groups is 2. The predicted octanol–water partition coefficient (Wildman–Crippen LogP) is 1.31. The minimum Gasteiger partial charge on any atom is -0.465 e. The van der Waals surface area contributed by atoms with Gasteiger partial charge in [-0.3, -0.25) is 9.59 Å². The van der Waals surface area contributed by atoms with Gasteiger partial charge in [0, 0.05) is 26.2 Å². The Morgan fingerprint density at radius 3 is 2.33 bits per heavy atom. The minimum absolute atomic E-state index is 0. The van der Waals surface area contributed by atoms with Crippen LogP contribution in [-0.4, -0.2) is 18.4 Å². The Morgan fingerprint density at radius 2 is 1.92 bits per heavy atom. The van der Waals surface area contributed by atoms with Crippen LogP contribution in [-0.2, 0) is 40.5 Å². The van der Waals surface area contributed by atoms with E-state index in [0.29, 0.717) is 6.61 Å². The van der Waals surface area contributed by atoms with E-state index < -0.39 is 5.97 Å². The largest absolute Gasteiger partial charge is 0.465 e. The summed E-state index contributed by atoms with van der Waals surface area (Å²) in [5, 5.41) is 0. The van der Waals surface area contributed by atoms with E-state index in [0.717, 1.165) is 12.8 Å². The zero-order chi connectivity index (χ0) is 8.69. The molecule has 0 N–H and O–H groups in total. The zero-order valence-electron chi connectivity index (χ0n) is 7.55. The number of ether oxygens (including phenoxy) is 1. The van der Waals surface area contributed by atoms with Crippen molar-refractivity contribution in [2.24, 2.45) is 0 Å². The smallest absolute Gasteiger partial charge is 0.313 e. The summed E-state index contributed by atoms with van der Waals surface area (Å²) in [5.41, 5.74) is 0. The maximum atomic E-state index is 10.7. The summed E-state index contributed by atoms with van der Waals surface area (Å²) >= 11 is 0. The van der Waals surface area contributed by atoms with Crippen LogP contribution >= 0.6 is 0 Å². The normalized spacial score (nSPS) is 8.50. The van der Waals surface area contributed by atoms with Crippen molar-refractivity contribution < 1.29 is 40.5 Å². The van der Waals surface area contributed by atoms with Crippen molar-refractivity contribution in [3.05, 3.63) is 0 Å². The Kier molecular flexibility index (Phi) is 11.0. The van der Waals surface area contributed by atoms with E-state index in [2.05, 4.69) is 0 Å². The number of hydrogen-bond donors (Lipinski definition) is 0. The molecule has 0 bridgehead atoms. The third kappa shape index (κ3) is 10.0. The standard InChI is InChI=1S/C8H14O3.Zr/c1-3-4-5-11-8(10)6-7(2)9;/h3-6H2,1-2H3;. The molecule has 0 aromatic heterocycles. The molecule has 0 unspecified atom stereocenters. The Balaban J connectivity index is 0. The maximum absolute atomic E-state index is 10.7. The van der Waals surface area contributed by atoms with Gasteiger partial charge in [-0.25, -0.2) is 0 Å². The van der Waals surface area contributed by atoms with Crippen molar-refractivity contribution in [1.29, 1.82) is 0 Å². The van der Waals surface area contributed by atoms with E-state index in [9.17, 15) is 9.59 Å². The summed E-state index contributed by atoms with van der Waals surface area (Å²) in [7, 11) is 0. The third-order valence-electron chi connectivity index (χ3n) is 1.15. The molecule has 0 heterocycles. The third-order valence-corrected chi connectivity index (χ3v) is 1.15. The van der Waals surface area contributed by atoms with Gasteiger partial charge in [-0.15, -0.1) is 0 Å². The van der Waals surface area contributed by atoms with Gasteiger partial charge in [-0.2, -0.15) is 0 Å². The molecule has 0 rings (SSSR count). The van der Waals surface area contributed by atoms with Gasteiger partial charge in [0.15, 0.2) is 0 Å². The number of rotatable bonds is 5. The van der Waals surface area contributed by atoms with E-state index in [1.165, 1.54) is 6.92 Å². The molecule has 0 saturated heterocycles. The van der Waals surface area contributed by atoms with Gasteiger partial charge < -0.3 is 4.74 Å². The first kappa shape index (κ1) is 14.5. The molecule has 12 heavy (non-hydrogen) atoms. The predicted molar refractivity (Wildman–Crippen MR) is 41.2 cm³/mol. The zero-order valence-corrected chi connectivity index (χ0v) is 10.0. The van der Waals surface area contributed by atoms with E-state index in [-0.39, 0.29) is 38.4 Å². The van der Waals surface area contributed by atoms with Crippen molar-refractivity contribution in [3.63, 3.8) is 0 Å². The number of Topliss-reactive ketones (excluding diaryl/α,β-unsaturated/α-hetero) is 1. The molecular formula is C8H14O3Zr. The number of carbonyl (C=O) groups excluding carboxylic acids is 2. The topological polar surface area (TPSA) is 43.4 Å². The molecule has 0 aliphatic carbocycles. The van der Waals surface area contributed by atoms with Gasteiger partial charge in [0.2, 0.25) is 0 Å². The molecule has 0 fully saturated rings. The quantitative estimate of drug-likeness (QED) is 0.419. The van der Waals surface area contributed by atoms with Crippen LogP contribution in [0.25, 0.3) is 0 Å². The van der Waals surface area contributed by atoms with Crippen LogP contribution in [0.15, 0.2) is 0 Å². The van der Waals surface area contributed by atoms with Crippen LogP contribution in [0, 0.1) is 0 Å². The number of hydrogen-bond acceptors (Lipinski definition) is 3. The first-order chi connectivity index (χ1) is 5.16. The molecule has 0 saturated carbocycles. The van der Waals surface area contributed by atoms with Gasteiger partial charge in [0.05, 0.1) is 6.61 Å². The van der Waals surface area contributed by atoms with Crippen LogP contribution in [0.4, 0.5) is 0 Å². The first-order valence-electron chi connectivity index (χ1n) is 3.82. The molecule has 3 nitrogen and oxygen atoms in total. The fraction of sp³-hybridized carbons (Fsp3) is 0.750. The molecule has 0 aliphatic heterocycles. The van der Waals surface area contributed by atoms with Crippen LogP contribution in [0.3, 0.4) is 0 Å². The van der Waals surface area contributed by atoms with Crippen molar-refractivity contribution in [3.8, 4) is 0 Å². The number of unbranched alkanes of at least 4 members (excludes halogenated alkanes) is 1. The molecule has 0 atom stereocenters. The van der Waals surface area contributed by atoms with Crippen LogP contribution < -0.4 is 0 Å². The summed E-state index contributed by atoms with van der Waals surface area (Å²) < 4.78 is 4.73. The van der Waals surface area contributed by atoms with Gasteiger partial charge in [0.25, 0.3) is 0 Å². The number of ketones is 1. The summed E-state index contributed by atoms with van der Waals surface area (Å²) in [5.74, 6) is -0.558. The fourth-order valence-electron chi connectivity index (χ4n) is 0.585. The molecule has 0 spiro atoms. The van der Waals surface area contributed by atoms with Gasteiger partial charge in [-0.1, -0.05) is 13.3 Å². The Morgan fingerprint density at radius 1 is 1.33 bits per heavy atom. The maximum Gasteiger partial charge on any atom is 0.313 e. The SMILES string of the molecule is CCCCOC(=O)CC(C)=O.[Zr]. The van der Waals surface area contributed by atoms with Crippen LogP contribution in [0.1, 0.15) is 33.1 Å². The van der Waals surface area contributed by atoms with E-state index >= 15 is 0 Å². The average Bonchev–Trinajstić information content (AvgIpc) is 1.86. The summed E-state index contributed by atoms with van der Waals surface area (Å²) in [6, 6.07) is 0. The van der Waals surface area contributed by atoms with E-state index in [1.807, 2.05) is 6.92 Å². The van der Waals surface area contributed by atoms with Gasteiger partial charge >= 0.3 is 5.97 Å². The van der Waals surface area contributed by atoms with Crippen molar-refractivity contribution >= 4 is 11.8 Å². The first-order valence-corrected chi connectivity index (χ1v) is 3.82. The van der Waals surface area contributed by atoms with E-state index in [4.69, 9.17) is 4.74 Å². The molecule has 68 valence electrons. The molecule has 0 radical (unpaired) electrons. The van der Waals surface area contributed by atoms with Crippen molar-refractivity contribution in [2.45, 2.75) is 33.1 Å². The molecule has 4 heteroatoms. The summed E-state index contributed by atoms with van der Waals surface area (Å²) in [6.45, 7) is 3.82.